The summed E-state index contributed by atoms with van der Waals surface area (Å²) in [5.41, 5.74) is 0. The molecule has 0 aliphatic heterocycles. The Morgan fingerprint density at radius 2 is 0.500 bits per heavy atom. The van der Waals surface area contributed by atoms with Crippen LogP contribution in [0, 0.1) is 0 Å². The summed E-state index contributed by atoms with van der Waals surface area (Å²) in [5, 5.41) is 0. The minimum Gasteiger partial charge on any atom is -1.00 e. The summed E-state index contributed by atoms with van der Waals surface area (Å²) in [6.07, 6.45) is 0. The average Bonchev–Trinajstić information content (AvgIpc) is 0. The van der Waals surface area contributed by atoms with E-state index in [0.29, 0.717) is 0 Å². The number of hydrogen-bond acceptors (Lipinski definition) is 0. The fraction of sp³-hybridized carbons (Fsp3) is 0. The van der Waals surface area contributed by atoms with E-state index in [9.17, 15) is 0 Å². The van der Waals surface area contributed by atoms with Gasteiger partial charge >= 0.3 is 127 Å². The molecule has 0 amide bonds. The van der Waals surface area contributed by atoms with Crippen molar-refractivity contribution in [3.63, 3.8) is 0 Å². The van der Waals surface area contributed by atoms with Crippen LogP contribution in [-0.4, -0.2) is 29.4 Å². The van der Waals surface area contributed by atoms with Crippen molar-refractivity contribution in [2.45, 2.75) is 0 Å². The second kappa shape index (κ2) is 56.7. The van der Waals surface area contributed by atoms with Gasteiger partial charge in [-0.05, 0) is 0 Å². The van der Waals surface area contributed by atoms with Crippen molar-refractivity contribution >= 4 is 23.9 Å². The Morgan fingerprint density at radius 1 is 0.500 bits per heavy atom. The van der Waals surface area contributed by atoms with Gasteiger partial charge in [-0.3, -0.25) is 0 Å². The third-order valence-electron chi connectivity index (χ3n) is 0. The molecule has 0 rings (SSSR count). The van der Waals surface area contributed by atoms with E-state index in [4.69, 9.17) is 0 Å². The second-order valence-corrected chi connectivity index (χ2v) is 0. The quantitative estimate of drug-likeness (QED) is 0.386. The van der Waals surface area contributed by atoms with Crippen LogP contribution in [0.15, 0.2) is 0 Å². The molecule has 0 fully saturated rings. The Morgan fingerprint density at radius 3 is 0.500 bits per heavy atom. The van der Waals surface area contributed by atoms with Crippen LogP contribution >= 0.6 is 0 Å². The Hall–Kier alpha value is 5.19. The maximum absolute atomic E-state index is 0. The van der Waals surface area contributed by atoms with Gasteiger partial charge in [0.2, 0.25) is 0 Å². The van der Waals surface area contributed by atoms with Gasteiger partial charge in [-0.15, -0.1) is 0 Å². The molecule has 0 spiro atoms. The van der Waals surface area contributed by atoms with Gasteiger partial charge in [-0.2, -0.15) is 0 Å². The van der Waals surface area contributed by atoms with E-state index >= 15 is 0 Å². The molecule has 8 heteroatoms. The third kappa shape index (κ3) is 43.1. The third-order valence-corrected chi connectivity index (χ3v) is 0. The zero-order chi connectivity index (χ0) is 0. The predicted octanol–water partition coefficient (Wildman–Crippen LogP) is -19.2. The molecule has 0 aromatic carbocycles. The monoisotopic (exact) mass is 356 g/mol. The molecule has 2 N–H and O–H groups in total. The number of rotatable bonds is 0. The Bertz CT molecular complexity index is 14.0. The van der Waals surface area contributed by atoms with Crippen LogP contribution < -0.4 is 152 Å². The van der Waals surface area contributed by atoms with Gasteiger partial charge in [0.15, 0.2) is 0 Å². The molecular weight excluding hydrogens is 355 g/mol. The maximum Gasteiger partial charge on any atom is 2.00 e. The summed E-state index contributed by atoms with van der Waals surface area (Å²) in [6.45, 7) is 0. The molecule has 0 saturated heterocycles. The molecule has 0 unspecified atom stereocenters. The van der Waals surface area contributed by atoms with E-state index in [0.717, 1.165) is 0 Å². The van der Waals surface area contributed by atoms with Crippen molar-refractivity contribution in [2.75, 3.05) is 0 Å². The molecule has 8 heavy (non-hydrogen) atoms. The molecule has 42 valence electrons. The van der Waals surface area contributed by atoms with Crippen molar-refractivity contribution in [1.82, 2.24) is 0 Å². The van der Waals surface area contributed by atoms with Crippen LogP contribution in [0.25, 0.3) is 0 Å². The van der Waals surface area contributed by atoms with Crippen LogP contribution in [0.5, 0.6) is 0 Å². The van der Waals surface area contributed by atoms with Gasteiger partial charge in [0.25, 0.3) is 0 Å². The SMILES string of the molecule is O.[Cl-].[Cl-].[Cl-].[Cl-].[K+].[K+].[Sn+2]. The molecule has 0 bridgehead atoms. The molecule has 0 aromatic heterocycles. The first-order chi connectivity index (χ1) is 0. The van der Waals surface area contributed by atoms with Crippen LogP contribution in [-0.2, 0) is 0 Å². The molecular formula is H2Cl4K2OSn. The molecule has 1 nitrogen and oxygen atoms in total. The summed E-state index contributed by atoms with van der Waals surface area (Å²) in [4.78, 5) is 0. The molecule has 0 saturated carbocycles. The summed E-state index contributed by atoms with van der Waals surface area (Å²) >= 11 is 0. The van der Waals surface area contributed by atoms with E-state index < -0.39 is 0 Å². The van der Waals surface area contributed by atoms with Crippen LogP contribution in [0.3, 0.4) is 0 Å². The number of hydrogen-bond donors (Lipinski definition) is 0. The van der Waals surface area contributed by atoms with Crippen molar-refractivity contribution in [3.05, 3.63) is 0 Å². The largest absolute Gasteiger partial charge is 2.00 e. The molecule has 0 aromatic rings. The minimum absolute atomic E-state index is 0. The first kappa shape index (κ1) is 72.7. The zero-order valence-electron chi connectivity index (χ0n) is 4.51. The van der Waals surface area contributed by atoms with Crippen LogP contribution in [0.1, 0.15) is 0 Å². The molecule has 0 atom stereocenters. The summed E-state index contributed by atoms with van der Waals surface area (Å²) in [7, 11) is 0. The van der Waals surface area contributed by atoms with Gasteiger partial charge < -0.3 is 55.1 Å². The van der Waals surface area contributed by atoms with E-state index in [1.165, 1.54) is 0 Å². The van der Waals surface area contributed by atoms with Gasteiger partial charge in [0, 0.05) is 0 Å². The zero-order valence-corrected chi connectivity index (χ0v) is 16.6. The van der Waals surface area contributed by atoms with Crippen molar-refractivity contribution < 1.29 is 158 Å². The summed E-state index contributed by atoms with van der Waals surface area (Å²) in [5.74, 6) is 0. The molecule has 0 aliphatic rings. The van der Waals surface area contributed by atoms with Crippen molar-refractivity contribution in [1.29, 1.82) is 0 Å². The van der Waals surface area contributed by atoms with Crippen molar-refractivity contribution in [3.8, 4) is 0 Å². The standard InChI is InChI=1S/4ClH.2K.H2O.Sn/h4*1H;;;1H2;/q;;;;2*+1;;+2/p-4. The molecule has 2 radical (unpaired) electrons. The first-order valence-corrected chi connectivity index (χ1v) is 0. The normalized spacial score (nSPS) is 0. The van der Waals surface area contributed by atoms with Gasteiger partial charge in [-0.25, -0.2) is 0 Å². The van der Waals surface area contributed by atoms with Crippen LogP contribution in [0.2, 0.25) is 0 Å². The topological polar surface area (TPSA) is 31.5 Å². The molecule has 0 heterocycles. The van der Waals surface area contributed by atoms with E-state index in [-0.39, 0.29) is 182 Å². The Balaban J connectivity index is 0. The fourth-order valence-electron chi connectivity index (χ4n) is 0. The molecule has 0 aliphatic carbocycles. The average molecular weight is 357 g/mol. The predicted molar refractivity (Wildman–Crippen MR) is 9.37 cm³/mol. The van der Waals surface area contributed by atoms with Crippen LogP contribution in [0.4, 0.5) is 0 Å². The second-order valence-electron chi connectivity index (χ2n) is 0. The minimum atomic E-state index is 0. The summed E-state index contributed by atoms with van der Waals surface area (Å²) < 4.78 is 0. The fourth-order valence-corrected chi connectivity index (χ4v) is 0. The first-order valence-electron chi connectivity index (χ1n) is 0. The van der Waals surface area contributed by atoms with Crippen molar-refractivity contribution in [2.24, 2.45) is 0 Å². The smallest absolute Gasteiger partial charge is 1.00 e. The van der Waals surface area contributed by atoms with Gasteiger partial charge in [0.05, 0.1) is 0 Å². The number of halogens is 4. The van der Waals surface area contributed by atoms with Gasteiger partial charge in [-0.1, -0.05) is 0 Å². The summed E-state index contributed by atoms with van der Waals surface area (Å²) in [6, 6.07) is 0. The maximum atomic E-state index is 0. The van der Waals surface area contributed by atoms with E-state index in [1.54, 1.807) is 0 Å². The van der Waals surface area contributed by atoms with Gasteiger partial charge in [0.1, 0.15) is 0 Å². The Kier molecular flexibility index (Phi) is 515. The van der Waals surface area contributed by atoms with E-state index in [1.807, 2.05) is 0 Å². The Labute approximate surface area is 176 Å². The van der Waals surface area contributed by atoms with E-state index in [2.05, 4.69) is 0 Å².